The lowest BCUT2D eigenvalue weighted by Gasteiger charge is -2.28. The van der Waals surface area contributed by atoms with Gasteiger partial charge in [0.1, 0.15) is 11.9 Å². The summed E-state index contributed by atoms with van der Waals surface area (Å²) in [6.07, 6.45) is 3.32. The molecule has 1 saturated carbocycles. The van der Waals surface area contributed by atoms with Gasteiger partial charge >= 0.3 is 0 Å². The first-order chi connectivity index (χ1) is 8.58. The molecule has 1 fully saturated rings. The average molecular weight is 270 g/mol. The van der Waals surface area contributed by atoms with Crippen LogP contribution in [0.3, 0.4) is 0 Å². The van der Waals surface area contributed by atoms with Crippen LogP contribution in [0.1, 0.15) is 44.2 Å². The number of hydrogen-bond acceptors (Lipinski definition) is 3. The molecule has 1 aromatic carbocycles. The number of aliphatic hydroxyl groups excluding tert-OH is 1. The third-order valence-corrected chi connectivity index (χ3v) is 3.72. The van der Waals surface area contributed by atoms with Crippen molar-refractivity contribution in [1.29, 1.82) is 0 Å². The maximum atomic E-state index is 9.88. The third-order valence-electron chi connectivity index (χ3n) is 3.43. The highest BCUT2D eigenvalue weighted by molar-refractivity contribution is 6.32. The summed E-state index contributed by atoms with van der Waals surface area (Å²) in [6.45, 7) is 1.91. The van der Waals surface area contributed by atoms with E-state index in [1.54, 1.807) is 0 Å². The highest BCUT2D eigenvalue weighted by Gasteiger charge is 2.25. The van der Waals surface area contributed by atoms with E-state index < -0.39 is 0 Å². The molecule has 2 rings (SSSR count). The van der Waals surface area contributed by atoms with Gasteiger partial charge in [0.15, 0.2) is 0 Å². The standard InChI is InChI=1S/C14H20ClNO2/c1-9(16)10-6-7-13(11(15)8-10)18-14-5-3-2-4-12(14)17/h6-9,12,14,17H,2-5,16H2,1H3/t9-,12?,14?/m0/s1. The molecule has 0 heterocycles. The topological polar surface area (TPSA) is 55.5 Å². The number of rotatable bonds is 3. The van der Waals surface area contributed by atoms with Gasteiger partial charge in [-0.15, -0.1) is 0 Å². The Kier molecular flexibility index (Phi) is 4.49. The fraction of sp³-hybridized carbons (Fsp3) is 0.571. The van der Waals surface area contributed by atoms with Crippen molar-refractivity contribution in [3.63, 3.8) is 0 Å². The number of nitrogens with two attached hydrogens (primary N) is 1. The molecule has 100 valence electrons. The lowest BCUT2D eigenvalue weighted by atomic mass is 9.95. The molecule has 0 aliphatic heterocycles. The minimum Gasteiger partial charge on any atom is -0.486 e. The van der Waals surface area contributed by atoms with E-state index >= 15 is 0 Å². The SMILES string of the molecule is C[C@H](N)c1ccc(OC2CCCCC2O)c(Cl)c1. The van der Waals surface area contributed by atoms with Crippen molar-refractivity contribution in [2.45, 2.75) is 50.9 Å². The van der Waals surface area contributed by atoms with Crippen molar-refractivity contribution in [3.8, 4) is 5.75 Å². The number of benzene rings is 1. The van der Waals surface area contributed by atoms with Crippen molar-refractivity contribution in [2.24, 2.45) is 5.73 Å². The van der Waals surface area contributed by atoms with Crippen molar-refractivity contribution >= 4 is 11.6 Å². The molecular formula is C14H20ClNO2. The number of ether oxygens (including phenoxy) is 1. The second-order valence-electron chi connectivity index (χ2n) is 4.99. The Morgan fingerprint density at radius 2 is 2.11 bits per heavy atom. The first-order valence-electron chi connectivity index (χ1n) is 6.47. The Morgan fingerprint density at radius 3 is 2.72 bits per heavy atom. The smallest absolute Gasteiger partial charge is 0.138 e. The zero-order chi connectivity index (χ0) is 13.1. The van der Waals surface area contributed by atoms with Gasteiger partial charge in [0.05, 0.1) is 11.1 Å². The summed E-state index contributed by atoms with van der Waals surface area (Å²) in [5.74, 6) is 0.631. The molecule has 0 aromatic heterocycles. The predicted octanol–water partition coefficient (Wildman–Crippen LogP) is 3.04. The van der Waals surface area contributed by atoms with E-state index in [0.29, 0.717) is 10.8 Å². The van der Waals surface area contributed by atoms with Crippen LogP contribution in [0.4, 0.5) is 0 Å². The van der Waals surface area contributed by atoms with E-state index in [2.05, 4.69) is 0 Å². The maximum absolute atomic E-state index is 9.88. The van der Waals surface area contributed by atoms with E-state index in [4.69, 9.17) is 22.1 Å². The fourth-order valence-electron chi connectivity index (χ4n) is 2.27. The molecule has 0 spiro atoms. The third kappa shape index (κ3) is 3.16. The van der Waals surface area contributed by atoms with Crippen molar-refractivity contribution in [1.82, 2.24) is 0 Å². The highest BCUT2D eigenvalue weighted by Crippen LogP contribution is 2.31. The van der Waals surface area contributed by atoms with Crippen LogP contribution in [-0.4, -0.2) is 17.3 Å². The zero-order valence-electron chi connectivity index (χ0n) is 10.6. The van der Waals surface area contributed by atoms with Crippen LogP contribution in [0.2, 0.25) is 5.02 Å². The van der Waals surface area contributed by atoms with Gasteiger partial charge in [-0.2, -0.15) is 0 Å². The van der Waals surface area contributed by atoms with Gasteiger partial charge in [-0.1, -0.05) is 24.1 Å². The monoisotopic (exact) mass is 269 g/mol. The van der Waals surface area contributed by atoms with Gasteiger partial charge < -0.3 is 15.6 Å². The van der Waals surface area contributed by atoms with E-state index in [1.807, 2.05) is 25.1 Å². The van der Waals surface area contributed by atoms with Crippen molar-refractivity contribution in [3.05, 3.63) is 28.8 Å². The summed E-state index contributed by atoms with van der Waals surface area (Å²) < 4.78 is 5.81. The summed E-state index contributed by atoms with van der Waals surface area (Å²) in [4.78, 5) is 0. The van der Waals surface area contributed by atoms with Crippen LogP contribution >= 0.6 is 11.6 Å². The normalized spacial score (nSPS) is 25.8. The molecule has 1 aliphatic carbocycles. The molecule has 4 heteroatoms. The van der Waals surface area contributed by atoms with Gasteiger partial charge in [0.2, 0.25) is 0 Å². The summed E-state index contributed by atoms with van der Waals surface area (Å²) in [7, 11) is 0. The van der Waals surface area contributed by atoms with E-state index in [-0.39, 0.29) is 18.2 Å². The Balaban J connectivity index is 2.09. The van der Waals surface area contributed by atoms with Crippen LogP contribution < -0.4 is 10.5 Å². The van der Waals surface area contributed by atoms with Crippen LogP contribution in [0.25, 0.3) is 0 Å². The molecule has 1 aromatic rings. The van der Waals surface area contributed by atoms with E-state index in [1.165, 1.54) is 0 Å². The number of halogens is 1. The zero-order valence-corrected chi connectivity index (χ0v) is 11.4. The minimum atomic E-state index is -0.386. The molecule has 3 N–H and O–H groups in total. The minimum absolute atomic E-state index is 0.0446. The second-order valence-corrected chi connectivity index (χ2v) is 5.39. The molecular weight excluding hydrogens is 250 g/mol. The van der Waals surface area contributed by atoms with Crippen LogP contribution in [-0.2, 0) is 0 Å². The highest BCUT2D eigenvalue weighted by atomic mass is 35.5. The first kappa shape index (κ1) is 13.7. The second kappa shape index (κ2) is 5.91. The van der Waals surface area contributed by atoms with Gasteiger partial charge in [-0.25, -0.2) is 0 Å². The Morgan fingerprint density at radius 1 is 1.39 bits per heavy atom. The van der Waals surface area contributed by atoms with Crippen molar-refractivity contribution in [2.75, 3.05) is 0 Å². The largest absolute Gasteiger partial charge is 0.486 e. The summed E-state index contributed by atoms with van der Waals surface area (Å²) >= 11 is 6.18. The number of aliphatic hydroxyl groups is 1. The summed E-state index contributed by atoms with van der Waals surface area (Å²) in [5, 5.41) is 10.4. The Bertz CT molecular complexity index is 409. The van der Waals surface area contributed by atoms with Crippen LogP contribution in [0.5, 0.6) is 5.75 Å². The summed E-state index contributed by atoms with van der Waals surface area (Å²) in [6, 6.07) is 5.54. The van der Waals surface area contributed by atoms with E-state index in [0.717, 1.165) is 31.2 Å². The molecule has 3 atom stereocenters. The molecule has 3 nitrogen and oxygen atoms in total. The van der Waals surface area contributed by atoms with Gasteiger partial charge in [0, 0.05) is 6.04 Å². The Labute approximate surface area is 113 Å². The van der Waals surface area contributed by atoms with Gasteiger partial charge in [-0.3, -0.25) is 0 Å². The van der Waals surface area contributed by atoms with Crippen molar-refractivity contribution < 1.29 is 9.84 Å². The molecule has 18 heavy (non-hydrogen) atoms. The lowest BCUT2D eigenvalue weighted by molar-refractivity contribution is 0.00692. The average Bonchev–Trinajstić information content (AvgIpc) is 2.34. The fourth-order valence-corrected chi connectivity index (χ4v) is 2.51. The first-order valence-corrected chi connectivity index (χ1v) is 6.85. The van der Waals surface area contributed by atoms with Gasteiger partial charge in [-0.05, 0) is 43.9 Å². The summed E-state index contributed by atoms with van der Waals surface area (Å²) in [5.41, 5.74) is 6.78. The van der Waals surface area contributed by atoms with Gasteiger partial charge in [0.25, 0.3) is 0 Å². The van der Waals surface area contributed by atoms with E-state index in [9.17, 15) is 5.11 Å². The number of hydrogen-bond donors (Lipinski definition) is 2. The molecule has 0 radical (unpaired) electrons. The molecule has 0 bridgehead atoms. The molecule has 1 aliphatic rings. The van der Waals surface area contributed by atoms with Crippen LogP contribution in [0, 0.1) is 0 Å². The van der Waals surface area contributed by atoms with Crippen LogP contribution in [0.15, 0.2) is 18.2 Å². The molecule has 0 amide bonds. The maximum Gasteiger partial charge on any atom is 0.138 e. The Hall–Kier alpha value is -0.770. The predicted molar refractivity (Wildman–Crippen MR) is 72.9 cm³/mol. The molecule has 2 unspecified atom stereocenters. The lowest BCUT2D eigenvalue weighted by Crippen LogP contribution is -2.34. The quantitative estimate of drug-likeness (QED) is 0.887. The molecule has 0 saturated heterocycles.